The van der Waals surface area contributed by atoms with Crippen LogP contribution in [0.1, 0.15) is 18.4 Å². The van der Waals surface area contributed by atoms with Gasteiger partial charge in [0, 0.05) is 13.1 Å². The molecule has 4 nitrogen and oxygen atoms in total. The molecule has 17 heavy (non-hydrogen) atoms. The molecule has 0 radical (unpaired) electrons. The van der Waals surface area contributed by atoms with Gasteiger partial charge in [-0.05, 0) is 25.0 Å². The minimum atomic E-state index is -0.491. The first-order valence-corrected chi connectivity index (χ1v) is 5.65. The van der Waals surface area contributed by atoms with E-state index in [4.69, 9.17) is 11.1 Å². The zero-order chi connectivity index (χ0) is 12.4. The van der Waals surface area contributed by atoms with Crippen LogP contribution in [0.2, 0.25) is 0 Å². The molecular formula is C12H16FN3O. The van der Waals surface area contributed by atoms with E-state index in [1.54, 1.807) is 12.1 Å². The van der Waals surface area contributed by atoms with Gasteiger partial charge in [-0.3, -0.25) is 5.41 Å². The summed E-state index contributed by atoms with van der Waals surface area (Å²) in [4.78, 5) is 1.88. The van der Waals surface area contributed by atoms with Gasteiger partial charge in [0.1, 0.15) is 11.7 Å². The second-order valence-corrected chi connectivity index (χ2v) is 4.29. The Morgan fingerprint density at radius 2 is 2.29 bits per heavy atom. The van der Waals surface area contributed by atoms with Crippen LogP contribution in [0.3, 0.4) is 0 Å². The van der Waals surface area contributed by atoms with Gasteiger partial charge in [-0.25, -0.2) is 4.39 Å². The molecule has 5 heteroatoms. The molecule has 1 fully saturated rings. The zero-order valence-corrected chi connectivity index (χ0v) is 9.49. The van der Waals surface area contributed by atoms with E-state index in [2.05, 4.69) is 0 Å². The molecule has 1 saturated heterocycles. The van der Waals surface area contributed by atoms with Crippen molar-refractivity contribution in [2.75, 3.05) is 18.0 Å². The van der Waals surface area contributed by atoms with Crippen molar-refractivity contribution < 1.29 is 9.50 Å². The highest BCUT2D eigenvalue weighted by Crippen LogP contribution is 2.25. The number of nitrogens with zero attached hydrogens (tertiary/aromatic N) is 1. The van der Waals surface area contributed by atoms with Crippen molar-refractivity contribution in [1.82, 2.24) is 0 Å². The number of anilines is 1. The normalized spacial score (nSPS) is 20.4. The Bertz CT molecular complexity index is 436. The van der Waals surface area contributed by atoms with Gasteiger partial charge in [-0.1, -0.05) is 6.07 Å². The van der Waals surface area contributed by atoms with Crippen LogP contribution in [0.4, 0.5) is 10.1 Å². The SMILES string of the molecule is N=C(N)c1c(F)cccc1N1CCCC(O)C1. The summed E-state index contributed by atoms with van der Waals surface area (Å²) in [6.45, 7) is 1.21. The van der Waals surface area contributed by atoms with E-state index in [9.17, 15) is 9.50 Å². The maximum absolute atomic E-state index is 13.6. The van der Waals surface area contributed by atoms with E-state index in [1.807, 2.05) is 4.90 Å². The fourth-order valence-electron chi connectivity index (χ4n) is 2.22. The summed E-state index contributed by atoms with van der Waals surface area (Å²) < 4.78 is 13.6. The van der Waals surface area contributed by atoms with Gasteiger partial charge >= 0.3 is 0 Å². The average Bonchev–Trinajstić information content (AvgIpc) is 2.28. The van der Waals surface area contributed by atoms with E-state index < -0.39 is 11.9 Å². The third-order valence-electron chi connectivity index (χ3n) is 3.00. The third kappa shape index (κ3) is 2.39. The van der Waals surface area contributed by atoms with Crippen LogP contribution in [0.5, 0.6) is 0 Å². The second-order valence-electron chi connectivity index (χ2n) is 4.29. The largest absolute Gasteiger partial charge is 0.391 e. The highest BCUT2D eigenvalue weighted by molar-refractivity contribution is 6.00. The summed E-state index contributed by atoms with van der Waals surface area (Å²) in [5.41, 5.74) is 6.13. The van der Waals surface area contributed by atoms with Crippen LogP contribution >= 0.6 is 0 Å². The highest BCUT2D eigenvalue weighted by atomic mass is 19.1. The van der Waals surface area contributed by atoms with E-state index >= 15 is 0 Å². The first kappa shape index (κ1) is 11.9. The molecule has 1 unspecified atom stereocenters. The van der Waals surface area contributed by atoms with E-state index in [0.29, 0.717) is 12.2 Å². The predicted octanol–water partition coefficient (Wildman–Crippen LogP) is 1.07. The molecule has 1 heterocycles. The van der Waals surface area contributed by atoms with Gasteiger partial charge in [-0.2, -0.15) is 0 Å². The lowest BCUT2D eigenvalue weighted by Gasteiger charge is -2.33. The Labute approximate surface area is 99.4 Å². The second kappa shape index (κ2) is 4.71. The number of piperidine rings is 1. The van der Waals surface area contributed by atoms with Gasteiger partial charge in [0.15, 0.2) is 0 Å². The smallest absolute Gasteiger partial charge is 0.136 e. The number of nitrogens with one attached hydrogen (secondary N) is 1. The highest BCUT2D eigenvalue weighted by Gasteiger charge is 2.22. The van der Waals surface area contributed by atoms with Crippen molar-refractivity contribution in [3.8, 4) is 0 Å². The number of amidine groups is 1. The number of hydrogen-bond donors (Lipinski definition) is 3. The van der Waals surface area contributed by atoms with Crippen LogP contribution in [0.15, 0.2) is 18.2 Å². The third-order valence-corrected chi connectivity index (χ3v) is 3.00. The molecule has 0 bridgehead atoms. The summed E-state index contributed by atoms with van der Waals surface area (Å²) in [5, 5.41) is 17.1. The van der Waals surface area contributed by atoms with E-state index in [0.717, 1.165) is 19.4 Å². The van der Waals surface area contributed by atoms with Crippen LogP contribution in [-0.2, 0) is 0 Å². The number of halogens is 1. The van der Waals surface area contributed by atoms with Crippen molar-refractivity contribution in [3.05, 3.63) is 29.6 Å². The Hall–Kier alpha value is -1.62. The molecule has 92 valence electrons. The average molecular weight is 237 g/mol. The molecular weight excluding hydrogens is 221 g/mol. The molecule has 1 aromatic rings. The van der Waals surface area contributed by atoms with Gasteiger partial charge in [0.25, 0.3) is 0 Å². The molecule has 1 aromatic carbocycles. The summed E-state index contributed by atoms with van der Waals surface area (Å²) in [5.74, 6) is -0.770. The van der Waals surface area contributed by atoms with Crippen molar-refractivity contribution in [1.29, 1.82) is 5.41 Å². The van der Waals surface area contributed by atoms with Crippen molar-refractivity contribution in [2.24, 2.45) is 5.73 Å². The Morgan fingerprint density at radius 1 is 1.53 bits per heavy atom. The van der Waals surface area contributed by atoms with Gasteiger partial charge < -0.3 is 15.7 Å². The van der Waals surface area contributed by atoms with Gasteiger partial charge in [-0.15, -0.1) is 0 Å². The minimum Gasteiger partial charge on any atom is -0.391 e. The van der Waals surface area contributed by atoms with Crippen LogP contribution < -0.4 is 10.6 Å². The molecule has 0 aliphatic carbocycles. The quantitative estimate of drug-likeness (QED) is 0.532. The lowest BCUT2D eigenvalue weighted by molar-refractivity contribution is 0.154. The fourth-order valence-corrected chi connectivity index (χ4v) is 2.22. The summed E-state index contributed by atoms with van der Waals surface area (Å²) in [6, 6.07) is 4.62. The molecule has 0 aromatic heterocycles. The number of hydrogen-bond acceptors (Lipinski definition) is 3. The van der Waals surface area contributed by atoms with Gasteiger partial charge in [0.2, 0.25) is 0 Å². The van der Waals surface area contributed by atoms with Crippen LogP contribution in [0.25, 0.3) is 0 Å². The minimum absolute atomic E-state index is 0.126. The summed E-state index contributed by atoms with van der Waals surface area (Å²) >= 11 is 0. The molecule has 4 N–H and O–H groups in total. The summed E-state index contributed by atoms with van der Waals surface area (Å²) in [7, 11) is 0. The first-order chi connectivity index (χ1) is 8.09. The topological polar surface area (TPSA) is 73.3 Å². The number of nitrogen functional groups attached to an aromatic ring is 1. The lowest BCUT2D eigenvalue weighted by atomic mass is 10.0. The fraction of sp³-hybridized carbons (Fsp3) is 0.417. The van der Waals surface area contributed by atoms with E-state index in [-0.39, 0.29) is 11.4 Å². The summed E-state index contributed by atoms with van der Waals surface area (Å²) in [6.07, 6.45) is 1.22. The standard InChI is InChI=1S/C12H16FN3O/c13-9-4-1-5-10(11(9)12(14)15)16-6-2-3-8(17)7-16/h1,4-5,8,17H,2-3,6-7H2,(H3,14,15). The molecule has 0 spiro atoms. The molecule has 0 amide bonds. The van der Waals surface area contributed by atoms with Crippen LogP contribution in [-0.4, -0.2) is 30.1 Å². The lowest BCUT2D eigenvalue weighted by Crippen LogP contribution is -2.39. The Balaban J connectivity index is 2.37. The van der Waals surface area contributed by atoms with Crippen molar-refractivity contribution in [2.45, 2.75) is 18.9 Å². The molecule has 0 saturated carbocycles. The monoisotopic (exact) mass is 237 g/mol. The number of β-amino-alcohol motifs (C(OH)–C–C–N with tert-alkyl or cyclic N) is 1. The molecule has 1 atom stereocenters. The van der Waals surface area contributed by atoms with Crippen molar-refractivity contribution in [3.63, 3.8) is 0 Å². The van der Waals surface area contributed by atoms with Crippen LogP contribution in [0, 0.1) is 11.2 Å². The molecule has 2 rings (SSSR count). The van der Waals surface area contributed by atoms with E-state index in [1.165, 1.54) is 6.07 Å². The number of aliphatic hydroxyl groups excluding tert-OH is 1. The number of rotatable bonds is 2. The predicted molar refractivity (Wildman–Crippen MR) is 64.9 cm³/mol. The zero-order valence-electron chi connectivity index (χ0n) is 9.49. The number of aliphatic hydroxyl groups is 1. The maximum atomic E-state index is 13.6. The van der Waals surface area contributed by atoms with Crippen molar-refractivity contribution >= 4 is 11.5 Å². The molecule has 1 aliphatic rings. The Morgan fingerprint density at radius 3 is 2.94 bits per heavy atom. The first-order valence-electron chi connectivity index (χ1n) is 5.65. The maximum Gasteiger partial charge on any atom is 0.136 e. The number of benzene rings is 1. The Kier molecular flexibility index (Phi) is 3.28. The van der Waals surface area contributed by atoms with Gasteiger partial charge in [0.05, 0.1) is 17.4 Å². The molecule has 1 aliphatic heterocycles. The number of nitrogens with two attached hydrogens (primary N) is 1.